The minimum Gasteiger partial charge on any atom is -0.455 e. The molecule has 3 rings (SSSR count). The van der Waals surface area contributed by atoms with Crippen LogP contribution in [0, 0.1) is 5.82 Å². The molecule has 4 heteroatoms. The fraction of sp³-hybridized carbons (Fsp3) is 0.444. The molecule has 2 aromatic rings. The Hall–Kier alpha value is -1.32. The molecule has 0 aliphatic heterocycles. The molecule has 0 bridgehead atoms. The van der Waals surface area contributed by atoms with Crippen molar-refractivity contribution < 1.29 is 14.1 Å². The second-order valence-electron chi connectivity index (χ2n) is 6.09. The molecule has 0 unspecified atom stereocenters. The second-order valence-corrected chi connectivity index (χ2v) is 6.49. The van der Waals surface area contributed by atoms with Gasteiger partial charge in [0.1, 0.15) is 18.1 Å². The van der Waals surface area contributed by atoms with E-state index in [1.54, 1.807) is 12.1 Å². The molecule has 0 atom stereocenters. The summed E-state index contributed by atoms with van der Waals surface area (Å²) in [4.78, 5) is 0. The van der Waals surface area contributed by atoms with E-state index < -0.39 is 5.82 Å². The molecule has 2 nitrogen and oxygen atoms in total. The van der Waals surface area contributed by atoms with Gasteiger partial charge in [-0.3, -0.25) is 0 Å². The molecule has 1 fully saturated rings. The van der Waals surface area contributed by atoms with Gasteiger partial charge in [0.2, 0.25) is 0 Å². The van der Waals surface area contributed by atoms with Crippen LogP contribution in [-0.4, -0.2) is 6.04 Å². The zero-order chi connectivity index (χ0) is 15.4. The Kier molecular flexibility index (Phi) is 5.16. The van der Waals surface area contributed by atoms with Crippen molar-refractivity contribution in [3.8, 4) is 11.3 Å². The summed E-state index contributed by atoms with van der Waals surface area (Å²) in [6.45, 7) is 0.861. The molecule has 0 radical (unpaired) electrons. The van der Waals surface area contributed by atoms with Gasteiger partial charge < -0.3 is 9.73 Å². The fourth-order valence-corrected chi connectivity index (χ4v) is 3.30. The SMILES string of the molecule is Fc1ccc(-c2ccc(C[NH2+]C3CCCCCC3)o2)cc1Cl. The molecule has 2 N–H and O–H groups in total. The Balaban J connectivity index is 1.62. The average Bonchev–Trinajstić information content (AvgIpc) is 2.83. The lowest BCUT2D eigenvalue weighted by Gasteiger charge is -2.11. The third-order valence-electron chi connectivity index (χ3n) is 4.42. The quantitative estimate of drug-likeness (QED) is 0.824. The molecule has 0 saturated heterocycles. The summed E-state index contributed by atoms with van der Waals surface area (Å²) < 4.78 is 19.1. The lowest BCUT2D eigenvalue weighted by molar-refractivity contribution is -0.707. The number of rotatable bonds is 4. The summed E-state index contributed by atoms with van der Waals surface area (Å²) in [5, 5.41) is 2.52. The maximum absolute atomic E-state index is 13.2. The molecule has 1 heterocycles. The van der Waals surface area contributed by atoms with Gasteiger partial charge >= 0.3 is 0 Å². The molecular weight excluding hydrogens is 301 g/mol. The number of hydrogen-bond acceptors (Lipinski definition) is 1. The number of nitrogens with two attached hydrogens (primary N) is 1. The summed E-state index contributed by atoms with van der Waals surface area (Å²) in [5.41, 5.74) is 0.812. The highest BCUT2D eigenvalue weighted by atomic mass is 35.5. The Morgan fingerprint density at radius 1 is 1.09 bits per heavy atom. The van der Waals surface area contributed by atoms with Crippen molar-refractivity contribution in [3.63, 3.8) is 0 Å². The Bertz CT molecular complexity index is 617. The lowest BCUT2D eigenvalue weighted by atomic mass is 10.1. The number of furan rings is 1. The molecule has 1 aromatic carbocycles. The minimum atomic E-state index is -0.404. The van der Waals surface area contributed by atoms with Crippen LogP contribution in [0.5, 0.6) is 0 Å². The van der Waals surface area contributed by atoms with Gasteiger partial charge in [-0.15, -0.1) is 0 Å². The van der Waals surface area contributed by atoms with Crippen molar-refractivity contribution in [3.05, 3.63) is 46.9 Å². The molecule has 1 aliphatic rings. The van der Waals surface area contributed by atoms with Crippen LogP contribution in [0.2, 0.25) is 5.02 Å². The average molecular weight is 323 g/mol. The van der Waals surface area contributed by atoms with Gasteiger partial charge in [0.15, 0.2) is 5.76 Å². The van der Waals surface area contributed by atoms with Crippen molar-refractivity contribution in [1.82, 2.24) is 0 Å². The third kappa shape index (κ3) is 3.90. The zero-order valence-electron chi connectivity index (χ0n) is 12.7. The van der Waals surface area contributed by atoms with Gasteiger partial charge in [-0.2, -0.15) is 0 Å². The van der Waals surface area contributed by atoms with Gasteiger partial charge in [0.25, 0.3) is 0 Å². The van der Waals surface area contributed by atoms with Crippen molar-refractivity contribution in [2.45, 2.75) is 51.1 Å². The maximum Gasteiger partial charge on any atom is 0.158 e. The van der Waals surface area contributed by atoms with Crippen molar-refractivity contribution in [2.75, 3.05) is 0 Å². The minimum absolute atomic E-state index is 0.125. The molecule has 118 valence electrons. The summed E-state index contributed by atoms with van der Waals surface area (Å²) in [7, 11) is 0. The predicted octanol–water partition coefficient (Wildman–Crippen LogP) is 4.53. The van der Waals surface area contributed by atoms with Crippen LogP contribution in [0.3, 0.4) is 0 Å². The fourth-order valence-electron chi connectivity index (χ4n) is 3.12. The largest absolute Gasteiger partial charge is 0.455 e. The number of halogens is 2. The number of hydrogen-bond donors (Lipinski definition) is 1. The predicted molar refractivity (Wildman–Crippen MR) is 86.2 cm³/mol. The van der Waals surface area contributed by atoms with Crippen LogP contribution in [-0.2, 0) is 6.54 Å². The zero-order valence-corrected chi connectivity index (χ0v) is 13.4. The highest BCUT2D eigenvalue weighted by Gasteiger charge is 2.16. The molecule has 1 aliphatic carbocycles. The summed E-state index contributed by atoms with van der Waals surface area (Å²) in [6.07, 6.45) is 8.06. The summed E-state index contributed by atoms with van der Waals surface area (Å²) in [5.74, 6) is 1.30. The van der Waals surface area contributed by atoms with Gasteiger partial charge in [-0.1, -0.05) is 24.4 Å². The normalized spacial score (nSPS) is 16.6. The van der Waals surface area contributed by atoms with E-state index in [0.29, 0.717) is 0 Å². The molecule has 1 saturated carbocycles. The first kappa shape index (κ1) is 15.6. The smallest absolute Gasteiger partial charge is 0.158 e. The lowest BCUT2D eigenvalue weighted by Crippen LogP contribution is -2.88. The Morgan fingerprint density at radius 3 is 2.59 bits per heavy atom. The van der Waals surface area contributed by atoms with E-state index in [9.17, 15) is 4.39 Å². The van der Waals surface area contributed by atoms with Crippen LogP contribution in [0.4, 0.5) is 4.39 Å². The second kappa shape index (κ2) is 7.30. The van der Waals surface area contributed by atoms with Crippen molar-refractivity contribution in [1.29, 1.82) is 0 Å². The Labute approximate surface area is 135 Å². The van der Waals surface area contributed by atoms with E-state index >= 15 is 0 Å². The molecule has 22 heavy (non-hydrogen) atoms. The first-order valence-corrected chi connectivity index (χ1v) is 8.47. The third-order valence-corrected chi connectivity index (χ3v) is 4.71. The first-order valence-electron chi connectivity index (χ1n) is 8.10. The molecule has 0 amide bonds. The highest BCUT2D eigenvalue weighted by Crippen LogP contribution is 2.26. The van der Waals surface area contributed by atoms with E-state index in [2.05, 4.69) is 5.32 Å². The van der Waals surface area contributed by atoms with E-state index in [0.717, 1.165) is 29.7 Å². The monoisotopic (exact) mass is 322 g/mol. The maximum atomic E-state index is 13.2. The summed E-state index contributed by atoms with van der Waals surface area (Å²) >= 11 is 5.83. The van der Waals surface area contributed by atoms with Crippen LogP contribution < -0.4 is 5.32 Å². The summed E-state index contributed by atoms with van der Waals surface area (Å²) in [6, 6.07) is 9.32. The van der Waals surface area contributed by atoms with Crippen molar-refractivity contribution in [2.24, 2.45) is 0 Å². The number of benzene rings is 1. The first-order chi connectivity index (χ1) is 10.7. The van der Waals surface area contributed by atoms with Gasteiger partial charge in [-0.05, 0) is 56.0 Å². The van der Waals surface area contributed by atoms with E-state index in [4.69, 9.17) is 16.0 Å². The van der Waals surface area contributed by atoms with Crippen molar-refractivity contribution >= 4 is 11.6 Å². The van der Waals surface area contributed by atoms with E-state index in [1.165, 1.54) is 44.6 Å². The number of quaternary nitrogens is 1. The standard InChI is InChI=1S/C18H21ClFNO/c19-16-11-13(7-9-17(16)20)18-10-8-15(22-18)12-21-14-5-3-1-2-4-6-14/h7-11,14,21H,1-6,12H2/p+1. The van der Waals surface area contributed by atoms with Gasteiger partial charge in [-0.25, -0.2) is 4.39 Å². The van der Waals surface area contributed by atoms with E-state index in [-0.39, 0.29) is 5.02 Å². The Morgan fingerprint density at radius 2 is 1.86 bits per heavy atom. The molecule has 1 aromatic heterocycles. The molecule has 0 spiro atoms. The van der Waals surface area contributed by atoms with Crippen LogP contribution >= 0.6 is 11.6 Å². The van der Waals surface area contributed by atoms with Crippen LogP contribution in [0.15, 0.2) is 34.7 Å². The highest BCUT2D eigenvalue weighted by molar-refractivity contribution is 6.31. The van der Waals surface area contributed by atoms with E-state index in [1.807, 2.05) is 12.1 Å². The van der Waals surface area contributed by atoms with Gasteiger partial charge in [0.05, 0.1) is 11.1 Å². The van der Waals surface area contributed by atoms with Gasteiger partial charge in [0, 0.05) is 5.56 Å². The van der Waals surface area contributed by atoms with Crippen LogP contribution in [0.25, 0.3) is 11.3 Å². The molecular formula is C18H22ClFNO+. The van der Waals surface area contributed by atoms with Crippen LogP contribution in [0.1, 0.15) is 44.3 Å². The topological polar surface area (TPSA) is 29.8 Å².